The van der Waals surface area contributed by atoms with Gasteiger partial charge in [0.15, 0.2) is 0 Å². The van der Waals surface area contributed by atoms with Gasteiger partial charge in [0.1, 0.15) is 5.69 Å². The van der Waals surface area contributed by atoms with E-state index in [-0.39, 0.29) is 17.3 Å². The van der Waals surface area contributed by atoms with Gasteiger partial charge in [-0.3, -0.25) is 10.1 Å². The number of likely N-dealkylation sites (N-methyl/N-ethyl adjacent to an activating group) is 1. The molecule has 0 bridgehead atoms. The lowest BCUT2D eigenvalue weighted by Gasteiger charge is -2.20. The molecule has 7 nitrogen and oxygen atoms in total. The van der Waals surface area contributed by atoms with Crippen LogP contribution < -0.4 is 5.32 Å². The summed E-state index contributed by atoms with van der Waals surface area (Å²) in [5.41, 5.74) is -0.00698. The molecule has 104 valence electrons. The van der Waals surface area contributed by atoms with Crippen molar-refractivity contribution in [3.05, 3.63) is 33.9 Å². The van der Waals surface area contributed by atoms with E-state index in [9.17, 15) is 14.9 Å². The van der Waals surface area contributed by atoms with E-state index >= 15 is 0 Å². The van der Waals surface area contributed by atoms with Crippen LogP contribution in [-0.4, -0.2) is 47.6 Å². The summed E-state index contributed by atoms with van der Waals surface area (Å²) >= 11 is 0. The van der Waals surface area contributed by atoms with Crippen LogP contribution in [-0.2, 0) is 0 Å². The van der Waals surface area contributed by atoms with E-state index < -0.39 is 10.9 Å². The zero-order chi connectivity index (χ0) is 14.6. The molecule has 0 aliphatic rings. The summed E-state index contributed by atoms with van der Waals surface area (Å²) in [5, 5.41) is 22.7. The number of nitrogens with one attached hydrogen (secondary N) is 1. The second kappa shape index (κ2) is 6.14. The first-order valence-corrected chi connectivity index (χ1v) is 5.75. The van der Waals surface area contributed by atoms with Crippen molar-refractivity contribution in [2.45, 2.75) is 13.0 Å². The van der Waals surface area contributed by atoms with E-state index in [1.54, 1.807) is 0 Å². The summed E-state index contributed by atoms with van der Waals surface area (Å²) in [7, 11) is 3.82. The molecule has 0 aromatic heterocycles. The van der Waals surface area contributed by atoms with Gasteiger partial charge in [-0.2, -0.15) is 0 Å². The summed E-state index contributed by atoms with van der Waals surface area (Å²) in [5.74, 6) is -1.18. The molecule has 2 N–H and O–H groups in total. The molecule has 1 unspecified atom stereocenters. The van der Waals surface area contributed by atoms with Crippen LogP contribution in [0.25, 0.3) is 0 Å². The van der Waals surface area contributed by atoms with Gasteiger partial charge in [-0.05, 0) is 33.2 Å². The normalized spacial score (nSPS) is 12.2. The first kappa shape index (κ1) is 14.9. The van der Waals surface area contributed by atoms with Gasteiger partial charge in [0, 0.05) is 18.7 Å². The fourth-order valence-corrected chi connectivity index (χ4v) is 1.41. The molecule has 0 saturated carbocycles. The Hall–Kier alpha value is -2.15. The Morgan fingerprint density at radius 1 is 1.53 bits per heavy atom. The number of hydrogen-bond acceptors (Lipinski definition) is 5. The molecule has 1 atom stereocenters. The number of carbonyl (C=O) groups is 1. The first-order chi connectivity index (χ1) is 8.82. The van der Waals surface area contributed by atoms with Crippen molar-refractivity contribution in [2.75, 3.05) is 26.0 Å². The van der Waals surface area contributed by atoms with Gasteiger partial charge in [0.05, 0.1) is 10.5 Å². The third kappa shape index (κ3) is 3.92. The van der Waals surface area contributed by atoms with Crippen molar-refractivity contribution >= 4 is 17.3 Å². The molecule has 1 aromatic carbocycles. The number of aromatic carboxylic acids is 1. The smallest absolute Gasteiger partial charge is 0.335 e. The van der Waals surface area contributed by atoms with Crippen LogP contribution in [0.2, 0.25) is 0 Å². The minimum atomic E-state index is -1.18. The summed E-state index contributed by atoms with van der Waals surface area (Å²) in [6.45, 7) is 2.50. The molecule has 0 spiro atoms. The number of rotatable bonds is 6. The number of carboxylic acids is 1. The molecule has 0 radical (unpaired) electrons. The maximum atomic E-state index is 10.9. The van der Waals surface area contributed by atoms with Crippen LogP contribution in [0.15, 0.2) is 18.2 Å². The second-order valence-electron chi connectivity index (χ2n) is 4.49. The predicted octanol–water partition coefficient (Wildman–Crippen LogP) is 1.66. The fourth-order valence-electron chi connectivity index (χ4n) is 1.41. The third-order valence-corrected chi connectivity index (χ3v) is 2.91. The Morgan fingerprint density at radius 3 is 2.63 bits per heavy atom. The first-order valence-electron chi connectivity index (χ1n) is 5.75. The lowest BCUT2D eigenvalue weighted by atomic mass is 10.1. The summed E-state index contributed by atoms with van der Waals surface area (Å²) < 4.78 is 0. The Kier molecular flexibility index (Phi) is 4.82. The molecule has 0 heterocycles. The molecule has 0 aliphatic carbocycles. The molecule has 1 rings (SSSR count). The van der Waals surface area contributed by atoms with Gasteiger partial charge >= 0.3 is 5.97 Å². The van der Waals surface area contributed by atoms with Gasteiger partial charge in [-0.25, -0.2) is 4.79 Å². The molecular formula is C12H17N3O4. The van der Waals surface area contributed by atoms with Gasteiger partial charge in [0.25, 0.3) is 5.69 Å². The largest absolute Gasteiger partial charge is 0.478 e. The SMILES string of the molecule is CC(CNc1ccc(C(=O)O)cc1[N+](=O)[O-])N(C)C. The van der Waals surface area contributed by atoms with Crippen LogP contribution in [0.4, 0.5) is 11.4 Å². The zero-order valence-electron chi connectivity index (χ0n) is 11.1. The van der Waals surface area contributed by atoms with E-state index in [1.807, 2.05) is 25.9 Å². The highest BCUT2D eigenvalue weighted by Crippen LogP contribution is 2.25. The number of carboxylic acid groups (broad SMARTS) is 1. The Morgan fingerprint density at radius 2 is 2.16 bits per heavy atom. The lowest BCUT2D eigenvalue weighted by Crippen LogP contribution is -2.31. The van der Waals surface area contributed by atoms with E-state index in [0.29, 0.717) is 12.2 Å². The summed E-state index contributed by atoms with van der Waals surface area (Å²) in [6, 6.07) is 4.02. The number of anilines is 1. The van der Waals surface area contributed by atoms with Gasteiger partial charge in [0.2, 0.25) is 0 Å². The van der Waals surface area contributed by atoms with E-state index in [1.165, 1.54) is 12.1 Å². The van der Waals surface area contributed by atoms with Crippen molar-refractivity contribution in [2.24, 2.45) is 0 Å². The number of nitro benzene ring substituents is 1. The number of benzene rings is 1. The molecule has 0 fully saturated rings. The maximum absolute atomic E-state index is 10.9. The van der Waals surface area contributed by atoms with E-state index in [2.05, 4.69) is 5.32 Å². The third-order valence-electron chi connectivity index (χ3n) is 2.91. The van der Waals surface area contributed by atoms with Crippen LogP contribution in [0.5, 0.6) is 0 Å². The highest BCUT2D eigenvalue weighted by atomic mass is 16.6. The Bertz CT molecular complexity index is 488. The van der Waals surface area contributed by atoms with Crippen molar-refractivity contribution < 1.29 is 14.8 Å². The zero-order valence-corrected chi connectivity index (χ0v) is 11.1. The van der Waals surface area contributed by atoms with Crippen molar-refractivity contribution in [1.82, 2.24) is 4.90 Å². The van der Waals surface area contributed by atoms with Gasteiger partial charge in [-0.15, -0.1) is 0 Å². The minimum absolute atomic E-state index is 0.0992. The lowest BCUT2D eigenvalue weighted by molar-refractivity contribution is -0.384. The number of nitro groups is 1. The molecule has 0 aliphatic heterocycles. The predicted molar refractivity (Wildman–Crippen MR) is 71.7 cm³/mol. The average Bonchev–Trinajstić information content (AvgIpc) is 2.35. The fraction of sp³-hybridized carbons (Fsp3) is 0.417. The van der Waals surface area contributed by atoms with Crippen molar-refractivity contribution in [3.63, 3.8) is 0 Å². The Balaban J connectivity index is 2.94. The van der Waals surface area contributed by atoms with Crippen molar-refractivity contribution in [1.29, 1.82) is 0 Å². The van der Waals surface area contributed by atoms with E-state index in [4.69, 9.17) is 5.11 Å². The van der Waals surface area contributed by atoms with Crippen LogP contribution in [0.3, 0.4) is 0 Å². The minimum Gasteiger partial charge on any atom is -0.478 e. The summed E-state index contributed by atoms with van der Waals surface area (Å²) in [6.07, 6.45) is 0. The van der Waals surface area contributed by atoms with Crippen molar-refractivity contribution in [3.8, 4) is 0 Å². The molecule has 0 amide bonds. The van der Waals surface area contributed by atoms with Crippen LogP contribution in [0, 0.1) is 10.1 Å². The topological polar surface area (TPSA) is 95.7 Å². The quantitative estimate of drug-likeness (QED) is 0.601. The summed E-state index contributed by atoms with van der Waals surface area (Å²) in [4.78, 5) is 23.1. The van der Waals surface area contributed by atoms with Gasteiger partial charge < -0.3 is 15.3 Å². The van der Waals surface area contributed by atoms with Gasteiger partial charge in [-0.1, -0.05) is 0 Å². The molecule has 0 saturated heterocycles. The monoisotopic (exact) mass is 267 g/mol. The van der Waals surface area contributed by atoms with Crippen LogP contribution >= 0.6 is 0 Å². The average molecular weight is 267 g/mol. The van der Waals surface area contributed by atoms with Crippen LogP contribution in [0.1, 0.15) is 17.3 Å². The molecular weight excluding hydrogens is 250 g/mol. The Labute approximate surface area is 111 Å². The molecule has 19 heavy (non-hydrogen) atoms. The standard InChI is InChI=1S/C12H17N3O4/c1-8(14(2)3)7-13-10-5-4-9(12(16)17)6-11(10)15(18)19/h4-6,8,13H,7H2,1-3H3,(H,16,17). The van der Waals surface area contributed by atoms with E-state index in [0.717, 1.165) is 6.07 Å². The highest BCUT2D eigenvalue weighted by Gasteiger charge is 2.17. The maximum Gasteiger partial charge on any atom is 0.335 e. The number of hydrogen-bond donors (Lipinski definition) is 2. The highest BCUT2D eigenvalue weighted by molar-refractivity contribution is 5.89. The molecule has 7 heteroatoms. The molecule has 1 aromatic rings. The number of nitrogens with zero attached hydrogens (tertiary/aromatic N) is 2. The second-order valence-corrected chi connectivity index (χ2v) is 4.49.